The van der Waals surface area contributed by atoms with Crippen molar-refractivity contribution in [3.8, 4) is 0 Å². The first kappa shape index (κ1) is 26.2. The average molecular weight is 530 g/mol. The van der Waals surface area contributed by atoms with E-state index < -0.39 is 11.9 Å². The Balaban J connectivity index is 1.64. The number of ether oxygens (including phenoxy) is 1. The van der Waals surface area contributed by atoms with E-state index in [9.17, 15) is 14.4 Å². The molecule has 3 aromatic heterocycles. The molecule has 0 aromatic carbocycles. The van der Waals surface area contributed by atoms with Crippen LogP contribution in [0.1, 0.15) is 58.3 Å². The van der Waals surface area contributed by atoms with Crippen molar-refractivity contribution in [3.63, 3.8) is 0 Å². The molecule has 3 heterocycles. The molecule has 1 amide bonds. The molecule has 0 fully saturated rings. The molecule has 1 aliphatic rings. The number of rotatable bonds is 10. The molecule has 4 rings (SSSR count). The highest BCUT2D eigenvalue weighted by Crippen LogP contribution is 2.34. The summed E-state index contributed by atoms with van der Waals surface area (Å²) in [5.41, 5.74) is 1.40. The number of nitrogens with zero attached hydrogens (tertiary/aromatic N) is 4. The topological polar surface area (TPSA) is 106 Å². The Morgan fingerprint density at radius 2 is 1.94 bits per heavy atom. The van der Waals surface area contributed by atoms with E-state index in [-0.39, 0.29) is 23.8 Å². The van der Waals surface area contributed by atoms with Gasteiger partial charge in [0.25, 0.3) is 5.56 Å². The van der Waals surface area contributed by atoms with Crippen molar-refractivity contribution in [2.45, 2.75) is 59.5 Å². The monoisotopic (exact) mass is 529 g/mol. The summed E-state index contributed by atoms with van der Waals surface area (Å²) in [7, 11) is 0. The van der Waals surface area contributed by atoms with Crippen molar-refractivity contribution in [1.82, 2.24) is 19.4 Å². The second-order valence-electron chi connectivity index (χ2n) is 8.64. The molecule has 0 spiro atoms. The predicted octanol–water partition coefficient (Wildman–Crippen LogP) is 3.93. The largest absolute Gasteiger partial charge is 0.457 e. The molecule has 0 saturated heterocycles. The van der Waals surface area contributed by atoms with Crippen molar-refractivity contribution in [1.29, 1.82) is 0 Å². The van der Waals surface area contributed by atoms with Crippen LogP contribution in [0.25, 0.3) is 10.2 Å². The van der Waals surface area contributed by atoms with Gasteiger partial charge in [0.1, 0.15) is 28.7 Å². The standard InChI is InChI=1S/C25H31N5O4S2/c1-5-12-34-24(33)21-15(4)26-25(36-21)28-19(31)14-30-18(13-29(6-2)7-3)27-22-20(23(30)32)16-10-8-9-11-17(16)35-22/h5H,1,6-14H2,2-4H3,(H,26,28,31). The molecule has 11 heteroatoms. The number of thiazole rings is 1. The highest BCUT2D eigenvalue weighted by Gasteiger charge is 2.24. The molecule has 0 aliphatic heterocycles. The van der Waals surface area contributed by atoms with E-state index in [0.29, 0.717) is 28.3 Å². The van der Waals surface area contributed by atoms with Crippen LogP contribution >= 0.6 is 22.7 Å². The Hall–Kier alpha value is -2.89. The summed E-state index contributed by atoms with van der Waals surface area (Å²) in [5, 5.41) is 3.68. The van der Waals surface area contributed by atoms with Crippen molar-refractivity contribution >= 4 is 49.9 Å². The van der Waals surface area contributed by atoms with Crippen molar-refractivity contribution in [2.75, 3.05) is 25.0 Å². The SMILES string of the molecule is C=CCOC(=O)c1sc(NC(=O)Cn2c(CN(CC)CC)nc3sc4c(c3c2=O)CCCC4)nc1C. The fourth-order valence-electron chi connectivity index (χ4n) is 4.35. The number of hydrogen-bond donors (Lipinski definition) is 1. The Morgan fingerprint density at radius 3 is 2.67 bits per heavy atom. The number of aryl methyl sites for hydroxylation is 3. The van der Waals surface area contributed by atoms with Gasteiger partial charge in [0.2, 0.25) is 5.91 Å². The number of nitrogens with one attached hydrogen (secondary N) is 1. The summed E-state index contributed by atoms with van der Waals surface area (Å²) in [6, 6.07) is 0. The number of esters is 1. The van der Waals surface area contributed by atoms with Crippen LogP contribution in [-0.4, -0.2) is 51.0 Å². The first-order chi connectivity index (χ1) is 17.4. The first-order valence-electron chi connectivity index (χ1n) is 12.2. The second-order valence-corrected chi connectivity index (χ2v) is 10.7. The van der Waals surface area contributed by atoms with Gasteiger partial charge >= 0.3 is 5.97 Å². The summed E-state index contributed by atoms with van der Waals surface area (Å²) >= 11 is 2.66. The molecule has 1 N–H and O–H groups in total. The van der Waals surface area contributed by atoms with E-state index >= 15 is 0 Å². The minimum atomic E-state index is -0.514. The number of carbonyl (C=O) groups is 2. The number of anilines is 1. The number of carbonyl (C=O) groups excluding carboxylic acids is 2. The minimum Gasteiger partial charge on any atom is -0.457 e. The zero-order chi connectivity index (χ0) is 25.8. The van der Waals surface area contributed by atoms with Gasteiger partial charge in [-0.2, -0.15) is 0 Å². The average Bonchev–Trinajstić information content (AvgIpc) is 3.42. The maximum atomic E-state index is 13.7. The molecule has 0 bridgehead atoms. The molecule has 0 unspecified atom stereocenters. The van der Waals surface area contributed by atoms with Crippen LogP contribution < -0.4 is 10.9 Å². The van der Waals surface area contributed by atoms with Gasteiger partial charge in [0.15, 0.2) is 5.13 Å². The lowest BCUT2D eigenvalue weighted by atomic mass is 9.97. The summed E-state index contributed by atoms with van der Waals surface area (Å²) < 4.78 is 6.58. The maximum Gasteiger partial charge on any atom is 0.350 e. The van der Waals surface area contributed by atoms with Crippen molar-refractivity contribution in [2.24, 2.45) is 0 Å². The lowest BCUT2D eigenvalue weighted by Crippen LogP contribution is -2.34. The minimum absolute atomic E-state index is 0.0951. The molecule has 0 radical (unpaired) electrons. The zero-order valence-corrected chi connectivity index (χ0v) is 22.5. The summed E-state index contributed by atoms with van der Waals surface area (Å²) in [4.78, 5) is 52.7. The van der Waals surface area contributed by atoms with E-state index in [1.54, 1.807) is 18.3 Å². The molecule has 0 saturated carbocycles. The molecule has 36 heavy (non-hydrogen) atoms. The van der Waals surface area contributed by atoms with Crippen molar-refractivity contribution in [3.05, 3.63) is 49.8 Å². The fraction of sp³-hybridized carbons (Fsp3) is 0.480. The number of amides is 1. The van der Waals surface area contributed by atoms with Crippen LogP contribution in [0.3, 0.4) is 0 Å². The number of aromatic nitrogens is 3. The van der Waals surface area contributed by atoms with Crippen LogP contribution in [0.2, 0.25) is 0 Å². The smallest absolute Gasteiger partial charge is 0.350 e. The third-order valence-electron chi connectivity index (χ3n) is 6.28. The Labute approximate surface area is 217 Å². The Kier molecular flexibility index (Phi) is 8.32. The van der Waals surface area contributed by atoms with Crippen LogP contribution in [0.15, 0.2) is 17.4 Å². The Bertz CT molecular complexity index is 1350. The quantitative estimate of drug-likeness (QED) is 0.313. The molecule has 1 aliphatic carbocycles. The van der Waals surface area contributed by atoms with Crippen LogP contribution in [-0.2, 0) is 35.5 Å². The third kappa shape index (κ3) is 5.42. The van der Waals surface area contributed by atoms with Crippen molar-refractivity contribution < 1.29 is 14.3 Å². The fourth-order valence-corrected chi connectivity index (χ4v) is 6.50. The maximum absolute atomic E-state index is 13.7. The van der Waals surface area contributed by atoms with Gasteiger partial charge in [-0.3, -0.25) is 19.1 Å². The number of fused-ring (bicyclic) bond motifs is 3. The molecule has 9 nitrogen and oxygen atoms in total. The van der Waals surface area contributed by atoms with Gasteiger partial charge in [-0.15, -0.1) is 11.3 Å². The lowest BCUT2D eigenvalue weighted by molar-refractivity contribution is -0.116. The van der Waals surface area contributed by atoms with Gasteiger partial charge in [-0.05, 0) is 51.3 Å². The number of thiophene rings is 1. The van der Waals surface area contributed by atoms with Gasteiger partial charge in [-0.25, -0.2) is 14.8 Å². The molecule has 192 valence electrons. The van der Waals surface area contributed by atoms with Gasteiger partial charge in [-0.1, -0.05) is 37.8 Å². The zero-order valence-electron chi connectivity index (χ0n) is 20.9. The van der Waals surface area contributed by atoms with Gasteiger partial charge in [0, 0.05) is 4.88 Å². The summed E-state index contributed by atoms with van der Waals surface area (Å²) in [5.74, 6) is -0.336. The molecule has 0 atom stereocenters. The number of hydrogen-bond acceptors (Lipinski definition) is 9. The highest BCUT2D eigenvalue weighted by molar-refractivity contribution is 7.19. The van der Waals surface area contributed by atoms with Crippen LogP contribution in [0.5, 0.6) is 0 Å². The first-order valence-corrected chi connectivity index (χ1v) is 13.8. The molecular formula is C25H31N5O4S2. The van der Waals surface area contributed by atoms with E-state index in [1.165, 1.54) is 15.5 Å². The van der Waals surface area contributed by atoms with E-state index in [4.69, 9.17) is 9.72 Å². The van der Waals surface area contributed by atoms with E-state index in [1.807, 2.05) is 0 Å². The molecule has 3 aromatic rings. The normalized spacial score (nSPS) is 13.1. The highest BCUT2D eigenvalue weighted by atomic mass is 32.1. The second kappa shape index (κ2) is 11.4. The lowest BCUT2D eigenvalue weighted by Gasteiger charge is -2.20. The van der Waals surface area contributed by atoms with E-state index in [2.05, 4.69) is 35.6 Å². The Morgan fingerprint density at radius 1 is 1.19 bits per heavy atom. The van der Waals surface area contributed by atoms with Gasteiger partial charge < -0.3 is 10.1 Å². The van der Waals surface area contributed by atoms with E-state index in [0.717, 1.165) is 60.5 Å². The predicted molar refractivity (Wildman–Crippen MR) is 143 cm³/mol. The summed E-state index contributed by atoms with van der Waals surface area (Å²) in [6.07, 6.45) is 5.51. The summed E-state index contributed by atoms with van der Waals surface area (Å²) in [6.45, 7) is 11.3. The third-order valence-corrected chi connectivity index (χ3v) is 8.51. The van der Waals surface area contributed by atoms with Crippen LogP contribution in [0.4, 0.5) is 5.13 Å². The van der Waals surface area contributed by atoms with Gasteiger partial charge in [0.05, 0.1) is 17.6 Å². The molecular weight excluding hydrogens is 498 g/mol. The van der Waals surface area contributed by atoms with Crippen LogP contribution in [0, 0.1) is 6.92 Å².